The zero-order valence-corrected chi connectivity index (χ0v) is 31.4. The van der Waals surface area contributed by atoms with E-state index in [1.807, 2.05) is 0 Å². The smallest absolute Gasteiger partial charge is 0.245 e. The highest BCUT2D eigenvalue weighted by Crippen LogP contribution is 2.18. The number of nitrogens with one attached hydrogen (secondary N) is 8. The van der Waals surface area contributed by atoms with Crippen molar-refractivity contribution in [1.82, 2.24) is 47.4 Å². The number of nitrogens with zero attached hydrogens (tertiary/aromatic N) is 1. The SMILES string of the molecule is CC(C)[C@H](NC(=O)[C@H](C)NC(=O)CNC(=O)[C@@H]1CCCN1C(=O)[C@H](C)NC(=O)[C@H](C)NC(=O)[C@H](C)NC(=O)CNC(=O)[C@H](C)NC(=O)[C@@H](C)N)C(N)=O. The number of hydrogen-bond acceptors (Lipinski definition) is 11. The lowest BCUT2D eigenvalue weighted by molar-refractivity contribution is -0.141. The summed E-state index contributed by atoms with van der Waals surface area (Å²) in [5.74, 6) is -6.90. The molecule has 0 saturated carbocycles. The van der Waals surface area contributed by atoms with Crippen LogP contribution in [0.4, 0.5) is 0 Å². The Hall–Kier alpha value is -5.34. The third-order valence-corrected chi connectivity index (χ3v) is 8.14. The van der Waals surface area contributed by atoms with E-state index in [1.54, 1.807) is 13.8 Å². The molecule has 8 atom stereocenters. The second kappa shape index (κ2) is 21.2. The highest BCUT2D eigenvalue weighted by molar-refractivity contribution is 5.97. The normalized spacial score (nSPS) is 17.7. The van der Waals surface area contributed by atoms with E-state index in [2.05, 4.69) is 42.5 Å². The first-order valence-electron chi connectivity index (χ1n) is 17.3. The average Bonchev–Trinajstić information content (AvgIpc) is 3.57. The third kappa shape index (κ3) is 15.0. The van der Waals surface area contributed by atoms with Crippen molar-refractivity contribution >= 4 is 59.1 Å². The van der Waals surface area contributed by atoms with Gasteiger partial charge in [-0.05, 0) is 60.3 Å². The number of amides is 10. The van der Waals surface area contributed by atoms with E-state index in [0.29, 0.717) is 12.8 Å². The fourth-order valence-electron chi connectivity index (χ4n) is 4.93. The lowest BCUT2D eigenvalue weighted by Gasteiger charge is -2.28. The fourth-order valence-corrected chi connectivity index (χ4v) is 4.93. The lowest BCUT2D eigenvalue weighted by Crippen LogP contribution is -2.57. The van der Waals surface area contributed by atoms with Gasteiger partial charge in [0, 0.05) is 6.54 Å². The van der Waals surface area contributed by atoms with Crippen molar-refractivity contribution in [1.29, 1.82) is 0 Å². The molecule has 1 aliphatic rings. The fraction of sp³-hybridized carbons (Fsp3) is 0.688. The van der Waals surface area contributed by atoms with Crippen molar-refractivity contribution in [3.63, 3.8) is 0 Å². The van der Waals surface area contributed by atoms with E-state index >= 15 is 0 Å². The van der Waals surface area contributed by atoms with E-state index in [4.69, 9.17) is 11.5 Å². The van der Waals surface area contributed by atoms with Crippen LogP contribution in [-0.2, 0) is 47.9 Å². The van der Waals surface area contributed by atoms with Gasteiger partial charge in [0.2, 0.25) is 59.1 Å². The maximum atomic E-state index is 13.2. The van der Waals surface area contributed by atoms with Crippen molar-refractivity contribution in [3.8, 4) is 0 Å². The second-order valence-corrected chi connectivity index (χ2v) is 13.3. The molecular formula is C32H55N11O10. The van der Waals surface area contributed by atoms with E-state index in [0.717, 1.165) is 0 Å². The highest BCUT2D eigenvalue weighted by Gasteiger charge is 2.37. The van der Waals surface area contributed by atoms with Crippen LogP contribution < -0.4 is 54.0 Å². The van der Waals surface area contributed by atoms with Gasteiger partial charge in [0.05, 0.1) is 19.1 Å². The van der Waals surface area contributed by atoms with Gasteiger partial charge < -0.3 is 58.9 Å². The number of rotatable bonds is 19. The molecule has 21 nitrogen and oxygen atoms in total. The Kier molecular flexibility index (Phi) is 18.3. The molecule has 12 N–H and O–H groups in total. The molecule has 298 valence electrons. The summed E-state index contributed by atoms with van der Waals surface area (Å²) < 4.78 is 0. The van der Waals surface area contributed by atoms with Crippen LogP contribution in [0.1, 0.15) is 68.2 Å². The summed E-state index contributed by atoms with van der Waals surface area (Å²) in [5, 5.41) is 19.3. The minimum absolute atomic E-state index is 0.210. The summed E-state index contributed by atoms with van der Waals surface area (Å²) in [5.41, 5.74) is 10.8. The van der Waals surface area contributed by atoms with Gasteiger partial charge in [0.25, 0.3) is 0 Å². The number of nitrogens with two attached hydrogens (primary N) is 2. The van der Waals surface area contributed by atoms with Crippen LogP contribution in [-0.4, -0.2) is 132 Å². The van der Waals surface area contributed by atoms with Gasteiger partial charge in [-0.3, -0.25) is 47.9 Å². The number of carbonyl (C=O) groups is 10. The molecule has 0 aliphatic carbocycles. The Morgan fingerprint density at radius 2 is 1.02 bits per heavy atom. The molecule has 0 spiro atoms. The molecule has 10 amide bonds. The Balaban J connectivity index is 2.58. The summed E-state index contributed by atoms with van der Waals surface area (Å²) in [7, 11) is 0. The minimum Gasteiger partial charge on any atom is -0.368 e. The molecule has 21 heteroatoms. The largest absolute Gasteiger partial charge is 0.368 e. The Morgan fingerprint density at radius 3 is 1.51 bits per heavy atom. The van der Waals surface area contributed by atoms with Crippen molar-refractivity contribution in [2.24, 2.45) is 17.4 Å². The monoisotopic (exact) mass is 753 g/mol. The van der Waals surface area contributed by atoms with Crippen LogP contribution in [0.15, 0.2) is 0 Å². The number of carbonyl (C=O) groups excluding carboxylic acids is 10. The first kappa shape index (κ1) is 45.7. The highest BCUT2D eigenvalue weighted by atomic mass is 16.2. The minimum atomic E-state index is -1.14. The molecule has 0 unspecified atom stereocenters. The molecule has 1 aliphatic heterocycles. The van der Waals surface area contributed by atoms with Gasteiger partial charge in [-0.15, -0.1) is 0 Å². The predicted octanol–water partition coefficient (Wildman–Crippen LogP) is -5.29. The Bertz CT molecular complexity index is 1410. The average molecular weight is 754 g/mol. The van der Waals surface area contributed by atoms with Crippen molar-refractivity contribution in [3.05, 3.63) is 0 Å². The molecule has 53 heavy (non-hydrogen) atoms. The summed E-state index contributed by atoms with van der Waals surface area (Å²) in [6.07, 6.45) is 0.777. The molecular weight excluding hydrogens is 698 g/mol. The maximum absolute atomic E-state index is 13.2. The standard InChI is InChI=1S/C32H55N11O10/c1-14(2)24(25(34)46)42-30(51)18(6)38-23(45)13-36-31(52)21-10-9-11-43(21)32(53)20(8)41-29(50)19(7)40-28(49)17(5)37-22(44)12-35-27(48)16(4)39-26(47)15(3)33/h14-21,24H,9-13,33H2,1-8H3,(H2,34,46)(H,35,48)(H,36,52)(H,37,44)(H,38,45)(H,39,47)(H,40,49)(H,41,50)(H,42,51)/t15-,16+,17+,18+,19+,20+,21+,24+/m1/s1. The molecule has 0 bridgehead atoms. The van der Waals surface area contributed by atoms with Crippen LogP contribution in [0, 0.1) is 5.92 Å². The number of hydrogen-bond donors (Lipinski definition) is 10. The lowest BCUT2D eigenvalue weighted by atomic mass is 10.0. The van der Waals surface area contributed by atoms with Crippen LogP contribution in [0.2, 0.25) is 0 Å². The summed E-state index contributed by atoms with van der Waals surface area (Å²) in [6, 6.07) is -8.06. The first-order valence-corrected chi connectivity index (χ1v) is 17.3. The van der Waals surface area contributed by atoms with Gasteiger partial charge in [0.1, 0.15) is 42.3 Å². The molecule has 0 radical (unpaired) electrons. The van der Waals surface area contributed by atoms with Gasteiger partial charge in [-0.1, -0.05) is 13.8 Å². The molecule has 0 aromatic heterocycles. The Labute approximate surface area is 308 Å². The Morgan fingerprint density at radius 1 is 0.585 bits per heavy atom. The summed E-state index contributed by atoms with van der Waals surface area (Å²) in [4.78, 5) is 125. The molecule has 1 fully saturated rings. The van der Waals surface area contributed by atoms with Crippen molar-refractivity contribution in [2.75, 3.05) is 19.6 Å². The number of primary amides is 1. The van der Waals surface area contributed by atoms with Crippen molar-refractivity contribution in [2.45, 2.75) is 117 Å². The predicted molar refractivity (Wildman–Crippen MR) is 188 cm³/mol. The van der Waals surface area contributed by atoms with Gasteiger partial charge >= 0.3 is 0 Å². The quantitative estimate of drug-likeness (QED) is 0.0594. The van der Waals surface area contributed by atoms with Crippen LogP contribution in [0.25, 0.3) is 0 Å². The van der Waals surface area contributed by atoms with Crippen molar-refractivity contribution < 1.29 is 47.9 Å². The zero-order valence-electron chi connectivity index (χ0n) is 31.4. The van der Waals surface area contributed by atoms with Crippen LogP contribution >= 0.6 is 0 Å². The summed E-state index contributed by atoms with van der Waals surface area (Å²) in [6.45, 7) is 11.0. The number of likely N-dealkylation sites (tertiary alicyclic amines) is 1. The van der Waals surface area contributed by atoms with Gasteiger partial charge in [-0.2, -0.15) is 0 Å². The van der Waals surface area contributed by atoms with E-state index in [-0.39, 0.29) is 12.5 Å². The molecule has 0 aromatic carbocycles. The maximum Gasteiger partial charge on any atom is 0.245 e. The topological polar surface area (TPSA) is 322 Å². The summed E-state index contributed by atoms with van der Waals surface area (Å²) >= 11 is 0. The van der Waals surface area contributed by atoms with E-state index in [9.17, 15) is 47.9 Å². The molecule has 0 aromatic rings. The van der Waals surface area contributed by atoms with Gasteiger partial charge in [-0.25, -0.2) is 0 Å². The van der Waals surface area contributed by atoms with Gasteiger partial charge in [0.15, 0.2) is 0 Å². The van der Waals surface area contributed by atoms with E-state index in [1.165, 1.54) is 46.4 Å². The molecule has 1 saturated heterocycles. The van der Waals surface area contributed by atoms with E-state index < -0.39 is 120 Å². The first-order chi connectivity index (χ1) is 24.6. The molecule has 1 heterocycles. The zero-order chi connectivity index (χ0) is 40.7. The molecule has 1 rings (SSSR count). The third-order valence-electron chi connectivity index (χ3n) is 8.14. The van der Waals surface area contributed by atoms with Crippen LogP contribution in [0.3, 0.4) is 0 Å². The van der Waals surface area contributed by atoms with Crippen LogP contribution in [0.5, 0.6) is 0 Å². The second-order valence-electron chi connectivity index (χ2n) is 13.3.